The molecule has 3 aromatic carbocycles. The van der Waals surface area contributed by atoms with Gasteiger partial charge in [0.1, 0.15) is 28.6 Å². The highest BCUT2D eigenvalue weighted by molar-refractivity contribution is 6.31. The van der Waals surface area contributed by atoms with Crippen molar-refractivity contribution in [1.82, 2.24) is 15.1 Å². The van der Waals surface area contributed by atoms with Crippen LogP contribution < -0.4 is 9.47 Å². The third-order valence-corrected chi connectivity index (χ3v) is 7.01. The Labute approximate surface area is 214 Å². The van der Waals surface area contributed by atoms with Crippen molar-refractivity contribution in [2.24, 2.45) is 0 Å². The van der Waals surface area contributed by atoms with Crippen molar-refractivity contribution in [3.63, 3.8) is 0 Å². The number of benzene rings is 3. The lowest BCUT2D eigenvalue weighted by molar-refractivity contribution is 0.0745. The molecule has 2 heterocycles. The Bertz CT molecular complexity index is 1430. The first-order valence-electron chi connectivity index (χ1n) is 11.6. The summed E-state index contributed by atoms with van der Waals surface area (Å²) in [5, 5.41) is 18.6. The fourth-order valence-electron chi connectivity index (χ4n) is 4.69. The average Bonchev–Trinajstić information content (AvgIpc) is 3.43. The number of aryl methyl sites for hydroxylation is 1. The first kappa shape index (κ1) is 23.8. The van der Waals surface area contributed by atoms with Crippen LogP contribution in [0.25, 0.3) is 11.3 Å². The maximum absolute atomic E-state index is 13.6. The zero-order valence-corrected chi connectivity index (χ0v) is 21.0. The lowest BCUT2D eigenvalue weighted by Crippen LogP contribution is -2.31. The van der Waals surface area contributed by atoms with E-state index in [0.717, 1.165) is 22.4 Å². The molecule has 1 amide bonds. The van der Waals surface area contributed by atoms with Crippen LogP contribution in [0.15, 0.2) is 60.7 Å². The van der Waals surface area contributed by atoms with E-state index in [1.54, 1.807) is 26.4 Å². The number of methoxy groups -OCH3 is 2. The van der Waals surface area contributed by atoms with Crippen LogP contribution in [0.2, 0.25) is 5.02 Å². The summed E-state index contributed by atoms with van der Waals surface area (Å²) in [6.45, 7) is 2.31. The molecular weight excluding hydrogens is 478 g/mol. The summed E-state index contributed by atoms with van der Waals surface area (Å²) in [7, 11) is 3.25. The zero-order chi connectivity index (χ0) is 25.4. The molecule has 0 fully saturated rings. The molecule has 1 aliphatic heterocycles. The van der Waals surface area contributed by atoms with Crippen molar-refractivity contribution in [2.45, 2.75) is 19.4 Å². The Hall–Kier alpha value is -3.97. The largest absolute Gasteiger partial charge is 0.507 e. The number of nitrogens with one attached hydrogen (secondary N) is 1. The molecule has 1 aliphatic rings. The maximum atomic E-state index is 13.6. The normalized spacial score (nSPS) is 14.7. The SMILES string of the molecule is COc1ccc(CCN2C(=O)c3[nH]nc(-c4cc(Cl)c(C)cc4O)c3[C@@H]2c2cccc(OC)c2)cc1. The van der Waals surface area contributed by atoms with Gasteiger partial charge in [0.2, 0.25) is 0 Å². The number of hydrogen-bond donors (Lipinski definition) is 2. The summed E-state index contributed by atoms with van der Waals surface area (Å²) < 4.78 is 10.7. The highest BCUT2D eigenvalue weighted by Gasteiger charge is 2.42. The van der Waals surface area contributed by atoms with Crippen LogP contribution in [-0.4, -0.2) is 46.9 Å². The molecule has 1 atom stereocenters. The number of fused-ring (bicyclic) bond motifs is 1. The van der Waals surface area contributed by atoms with Gasteiger partial charge in [-0.25, -0.2) is 0 Å². The predicted molar refractivity (Wildman–Crippen MR) is 138 cm³/mol. The number of carbonyl (C=O) groups is 1. The summed E-state index contributed by atoms with van der Waals surface area (Å²) in [6.07, 6.45) is 0.658. The number of amides is 1. The van der Waals surface area contributed by atoms with Crippen LogP contribution in [0.4, 0.5) is 0 Å². The summed E-state index contributed by atoms with van der Waals surface area (Å²) >= 11 is 6.39. The molecule has 5 rings (SSSR count). The standard InChI is InChI=1S/C28H26ClN3O4/c1-16-13-23(33)21(15-22(16)29)25-24-26(31-30-25)28(34)32(12-11-17-7-9-19(35-2)10-8-17)27(24)18-5-4-6-20(14-18)36-3/h4-10,13-15,27,33H,11-12H2,1-3H3,(H,30,31)/t27-/m0/s1. The van der Waals surface area contributed by atoms with Crippen LogP contribution in [0, 0.1) is 6.92 Å². The highest BCUT2D eigenvalue weighted by atomic mass is 35.5. The molecule has 4 aromatic rings. The van der Waals surface area contributed by atoms with E-state index >= 15 is 0 Å². The molecule has 36 heavy (non-hydrogen) atoms. The number of H-pyrrole nitrogens is 1. The highest BCUT2D eigenvalue weighted by Crippen LogP contribution is 2.45. The van der Waals surface area contributed by atoms with E-state index in [9.17, 15) is 9.90 Å². The molecule has 7 nitrogen and oxygen atoms in total. The number of nitrogens with zero attached hydrogens (tertiary/aromatic N) is 2. The van der Waals surface area contributed by atoms with Gasteiger partial charge in [0, 0.05) is 22.7 Å². The average molecular weight is 504 g/mol. The number of ether oxygens (including phenoxy) is 2. The van der Waals surface area contributed by atoms with E-state index in [4.69, 9.17) is 21.1 Å². The Morgan fingerprint density at radius 1 is 1.06 bits per heavy atom. The van der Waals surface area contributed by atoms with Gasteiger partial charge in [0.25, 0.3) is 5.91 Å². The quantitative estimate of drug-likeness (QED) is 0.345. The molecule has 0 bridgehead atoms. The molecule has 1 aromatic heterocycles. The molecule has 0 saturated carbocycles. The Kier molecular flexibility index (Phi) is 6.33. The first-order chi connectivity index (χ1) is 17.4. The summed E-state index contributed by atoms with van der Waals surface area (Å²) in [5.41, 5.74) is 4.81. The third kappa shape index (κ3) is 4.16. The van der Waals surface area contributed by atoms with Crippen LogP contribution in [0.5, 0.6) is 17.2 Å². The van der Waals surface area contributed by atoms with E-state index < -0.39 is 6.04 Å². The van der Waals surface area contributed by atoms with E-state index in [0.29, 0.717) is 46.3 Å². The molecule has 8 heteroatoms. The molecule has 0 spiro atoms. The molecular formula is C28H26ClN3O4. The molecule has 184 valence electrons. The third-order valence-electron chi connectivity index (χ3n) is 6.61. The van der Waals surface area contributed by atoms with Gasteiger partial charge in [0.15, 0.2) is 0 Å². The van der Waals surface area contributed by atoms with Crippen LogP contribution >= 0.6 is 11.6 Å². The van der Waals surface area contributed by atoms with Gasteiger partial charge in [-0.2, -0.15) is 5.10 Å². The van der Waals surface area contributed by atoms with Crippen LogP contribution in [0.3, 0.4) is 0 Å². The first-order valence-corrected chi connectivity index (χ1v) is 11.9. The van der Waals surface area contributed by atoms with E-state index in [1.807, 2.05) is 60.4 Å². The lowest BCUT2D eigenvalue weighted by atomic mass is 9.95. The Balaban J connectivity index is 1.58. The molecule has 0 saturated heterocycles. The number of hydrogen-bond acceptors (Lipinski definition) is 5. The predicted octanol–water partition coefficient (Wildman–Crippen LogP) is 5.55. The van der Waals surface area contributed by atoms with Crippen molar-refractivity contribution in [1.29, 1.82) is 0 Å². The lowest BCUT2D eigenvalue weighted by Gasteiger charge is -2.27. The van der Waals surface area contributed by atoms with Gasteiger partial charge >= 0.3 is 0 Å². The number of phenolic OH excluding ortho intramolecular Hbond substituents is 1. The summed E-state index contributed by atoms with van der Waals surface area (Å²) in [5.74, 6) is 1.38. The second kappa shape index (κ2) is 9.59. The topological polar surface area (TPSA) is 87.7 Å². The van der Waals surface area contributed by atoms with Gasteiger partial charge in [0.05, 0.1) is 20.3 Å². The fraction of sp³-hybridized carbons (Fsp3) is 0.214. The second-order valence-electron chi connectivity index (χ2n) is 8.76. The number of aromatic hydroxyl groups is 1. The second-order valence-corrected chi connectivity index (χ2v) is 9.16. The van der Waals surface area contributed by atoms with Crippen molar-refractivity contribution >= 4 is 17.5 Å². The summed E-state index contributed by atoms with van der Waals surface area (Å²) in [4.78, 5) is 15.5. The van der Waals surface area contributed by atoms with Crippen LogP contribution in [-0.2, 0) is 6.42 Å². The Morgan fingerprint density at radius 2 is 1.81 bits per heavy atom. The number of aromatic amines is 1. The van der Waals surface area contributed by atoms with E-state index in [-0.39, 0.29) is 11.7 Å². The van der Waals surface area contributed by atoms with Gasteiger partial charge in [-0.3, -0.25) is 9.89 Å². The van der Waals surface area contributed by atoms with Gasteiger partial charge in [-0.1, -0.05) is 35.9 Å². The van der Waals surface area contributed by atoms with Crippen LogP contribution in [0.1, 0.15) is 38.8 Å². The fourth-order valence-corrected chi connectivity index (χ4v) is 4.85. The zero-order valence-electron chi connectivity index (χ0n) is 20.2. The molecule has 0 aliphatic carbocycles. The number of phenols is 1. The van der Waals surface area contributed by atoms with Gasteiger partial charge < -0.3 is 19.5 Å². The minimum Gasteiger partial charge on any atom is -0.507 e. The smallest absolute Gasteiger partial charge is 0.273 e. The van der Waals surface area contributed by atoms with E-state index in [1.165, 1.54) is 0 Å². The molecule has 0 radical (unpaired) electrons. The number of aromatic nitrogens is 2. The Morgan fingerprint density at radius 3 is 2.53 bits per heavy atom. The summed E-state index contributed by atoms with van der Waals surface area (Å²) in [6, 6.07) is 18.4. The molecule has 0 unspecified atom stereocenters. The van der Waals surface area contributed by atoms with E-state index in [2.05, 4.69) is 10.2 Å². The van der Waals surface area contributed by atoms with Crippen molar-refractivity contribution < 1.29 is 19.4 Å². The van der Waals surface area contributed by atoms with Crippen molar-refractivity contribution in [3.8, 4) is 28.5 Å². The molecule has 2 N–H and O–H groups in total. The van der Waals surface area contributed by atoms with Crippen molar-refractivity contribution in [3.05, 3.63) is 93.6 Å². The number of rotatable bonds is 7. The maximum Gasteiger partial charge on any atom is 0.273 e. The van der Waals surface area contributed by atoms with Gasteiger partial charge in [-0.05, 0) is 66.4 Å². The van der Waals surface area contributed by atoms with Crippen molar-refractivity contribution in [2.75, 3.05) is 20.8 Å². The monoisotopic (exact) mass is 503 g/mol. The minimum atomic E-state index is -0.422. The van der Waals surface area contributed by atoms with Gasteiger partial charge in [-0.15, -0.1) is 0 Å². The minimum absolute atomic E-state index is 0.0553. The number of carbonyl (C=O) groups excluding carboxylic acids is 1. The number of halogens is 1.